The summed E-state index contributed by atoms with van der Waals surface area (Å²) < 4.78 is 0. The Morgan fingerprint density at radius 1 is 1.04 bits per heavy atom. The van der Waals surface area contributed by atoms with Crippen LogP contribution in [0.25, 0.3) is 0 Å². The number of hydrogen-bond acceptors (Lipinski definition) is 3. The molecule has 0 aromatic heterocycles. The Morgan fingerprint density at radius 3 is 2.38 bits per heavy atom. The van der Waals surface area contributed by atoms with Crippen LogP contribution in [0.4, 0.5) is 0 Å². The average Bonchev–Trinajstić information content (AvgIpc) is 2.71. The van der Waals surface area contributed by atoms with Crippen molar-refractivity contribution in [2.24, 2.45) is 0 Å². The zero-order valence-corrected chi connectivity index (χ0v) is 16.1. The molecule has 26 heavy (non-hydrogen) atoms. The molecule has 0 spiro atoms. The van der Waals surface area contributed by atoms with Gasteiger partial charge in [0.15, 0.2) is 0 Å². The number of rotatable bonds is 4. The summed E-state index contributed by atoms with van der Waals surface area (Å²) in [6.45, 7) is 8.12. The van der Waals surface area contributed by atoms with Crippen molar-refractivity contribution in [3.05, 3.63) is 34.9 Å². The summed E-state index contributed by atoms with van der Waals surface area (Å²) in [6.07, 6.45) is 5.55. The second-order valence-electron chi connectivity index (χ2n) is 7.40. The Kier molecular flexibility index (Phi) is 6.30. The van der Waals surface area contributed by atoms with Gasteiger partial charge in [-0.15, -0.1) is 0 Å². The maximum atomic E-state index is 12.5. The quantitative estimate of drug-likeness (QED) is 0.841. The molecule has 1 N–H and O–H groups in total. The van der Waals surface area contributed by atoms with Gasteiger partial charge in [0.1, 0.15) is 0 Å². The molecule has 3 rings (SSSR count). The first-order valence-corrected chi connectivity index (χ1v) is 10.1. The lowest BCUT2D eigenvalue weighted by atomic mass is 9.89. The number of carbonyl (C=O) groups excluding carboxylic acids is 2. The third-order valence-electron chi connectivity index (χ3n) is 5.79. The molecule has 0 radical (unpaired) electrons. The van der Waals surface area contributed by atoms with Crippen LogP contribution < -0.4 is 5.32 Å². The van der Waals surface area contributed by atoms with Crippen LogP contribution in [0, 0.1) is 0 Å². The summed E-state index contributed by atoms with van der Waals surface area (Å²) >= 11 is 0. The van der Waals surface area contributed by atoms with E-state index < -0.39 is 11.8 Å². The number of nitrogens with one attached hydrogen (secondary N) is 1. The third-order valence-corrected chi connectivity index (χ3v) is 5.79. The largest absolute Gasteiger partial charge is 0.341 e. The lowest BCUT2D eigenvalue weighted by Crippen LogP contribution is -2.52. The molecule has 1 aromatic rings. The zero-order chi connectivity index (χ0) is 18.5. The number of fused-ring (bicyclic) bond motifs is 1. The Labute approximate surface area is 156 Å². The summed E-state index contributed by atoms with van der Waals surface area (Å²) in [5.41, 5.74) is 3.96. The number of benzene rings is 1. The maximum Gasteiger partial charge on any atom is 0.311 e. The van der Waals surface area contributed by atoms with Crippen molar-refractivity contribution < 1.29 is 9.59 Å². The first kappa shape index (κ1) is 18.9. The van der Waals surface area contributed by atoms with Crippen molar-refractivity contribution in [1.82, 2.24) is 15.1 Å². The number of amides is 2. The van der Waals surface area contributed by atoms with Crippen LogP contribution in [-0.2, 0) is 22.4 Å². The molecule has 1 aliphatic heterocycles. The smallest absolute Gasteiger partial charge is 0.311 e. The molecular weight excluding hydrogens is 326 g/mol. The van der Waals surface area contributed by atoms with Gasteiger partial charge in [0.05, 0.1) is 6.04 Å². The lowest BCUT2D eigenvalue weighted by molar-refractivity contribution is -0.147. The maximum absolute atomic E-state index is 12.5. The lowest BCUT2D eigenvalue weighted by Gasteiger charge is -2.33. The van der Waals surface area contributed by atoms with Crippen LogP contribution in [0.2, 0.25) is 0 Å². The second kappa shape index (κ2) is 8.67. The monoisotopic (exact) mass is 357 g/mol. The number of piperazine rings is 1. The van der Waals surface area contributed by atoms with E-state index in [0.29, 0.717) is 13.1 Å². The van der Waals surface area contributed by atoms with E-state index in [1.165, 1.54) is 24.0 Å². The van der Waals surface area contributed by atoms with Crippen LogP contribution in [0.1, 0.15) is 55.8 Å². The zero-order valence-electron chi connectivity index (χ0n) is 16.1. The summed E-state index contributed by atoms with van der Waals surface area (Å²) in [6, 6.07) is 6.44. The van der Waals surface area contributed by atoms with Crippen molar-refractivity contribution in [1.29, 1.82) is 0 Å². The Balaban J connectivity index is 1.62. The Bertz CT molecular complexity index is 651. The molecule has 1 fully saturated rings. The molecule has 0 saturated carbocycles. The van der Waals surface area contributed by atoms with Crippen molar-refractivity contribution in [3.63, 3.8) is 0 Å². The number of carbonyl (C=O) groups is 2. The van der Waals surface area contributed by atoms with Crippen LogP contribution in [0.15, 0.2) is 18.2 Å². The minimum absolute atomic E-state index is 0.101. The average molecular weight is 357 g/mol. The van der Waals surface area contributed by atoms with Crippen molar-refractivity contribution in [2.75, 3.05) is 32.7 Å². The molecule has 5 nitrogen and oxygen atoms in total. The molecule has 0 bridgehead atoms. The molecule has 1 saturated heterocycles. The summed E-state index contributed by atoms with van der Waals surface area (Å²) in [5.74, 6) is -0.864. The van der Waals surface area contributed by atoms with Crippen molar-refractivity contribution in [2.45, 2.75) is 52.0 Å². The molecule has 2 aliphatic rings. The van der Waals surface area contributed by atoms with Gasteiger partial charge in [-0.2, -0.15) is 0 Å². The van der Waals surface area contributed by atoms with Gasteiger partial charge >= 0.3 is 11.8 Å². The minimum Gasteiger partial charge on any atom is -0.341 e. The molecule has 5 heteroatoms. The minimum atomic E-state index is -0.473. The normalized spacial score (nSPS) is 18.9. The summed E-state index contributed by atoms with van der Waals surface area (Å²) in [5, 5.41) is 2.97. The third kappa shape index (κ3) is 4.26. The number of nitrogens with zero attached hydrogens (tertiary/aromatic N) is 2. The van der Waals surface area contributed by atoms with E-state index in [-0.39, 0.29) is 6.04 Å². The van der Waals surface area contributed by atoms with Gasteiger partial charge in [0.2, 0.25) is 0 Å². The highest BCUT2D eigenvalue weighted by atomic mass is 16.2. The number of aryl methyl sites for hydroxylation is 2. The van der Waals surface area contributed by atoms with Crippen LogP contribution in [0.5, 0.6) is 0 Å². The molecular formula is C21H31N3O2. The molecule has 142 valence electrons. The van der Waals surface area contributed by atoms with Crippen LogP contribution in [-0.4, -0.2) is 54.3 Å². The van der Waals surface area contributed by atoms with E-state index in [2.05, 4.69) is 42.3 Å². The van der Waals surface area contributed by atoms with Gasteiger partial charge in [-0.25, -0.2) is 0 Å². The standard InChI is InChI=1S/C21H31N3O2/c1-3-19(18-10-9-16-7-5-6-8-17(16)15-18)22-20(25)21(26)24-13-11-23(4-2)12-14-24/h9-10,15,19H,3-8,11-14H2,1-2H3,(H,22,25). The molecule has 1 aliphatic carbocycles. The van der Waals surface area contributed by atoms with Gasteiger partial charge in [-0.05, 0) is 55.3 Å². The van der Waals surface area contributed by atoms with Gasteiger partial charge in [-0.1, -0.05) is 32.0 Å². The van der Waals surface area contributed by atoms with Crippen LogP contribution in [0.3, 0.4) is 0 Å². The Morgan fingerprint density at radius 2 is 1.73 bits per heavy atom. The highest BCUT2D eigenvalue weighted by molar-refractivity contribution is 6.35. The van der Waals surface area contributed by atoms with E-state index in [1.54, 1.807) is 4.90 Å². The first-order valence-electron chi connectivity index (χ1n) is 10.1. The van der Waals surface area contributed by atoms with E-state index in [9.17, 15) is 9.59 Å². The molecule has 1 heterocycles. The van der Waals surface area contributed by atoms with E-state index in [4.69, 9.17) is 0 Å². The molecule has 1 atom stereocenters. The Hall–Kier alpha value is -1.88. The fourth-order valence-electron chi connectivity index (χ4n) is 4.02. The van der Waals surface area contributed by atoms with Crippen LogP contribution >= 0.6 is 0 Å². The SMILES string of the molecule is CCC(NC(=O)C(=O)N1CCN(CC)CC1)c1ccc2c(c1)CCCC2. The molecule has 2 amide bonds. The predicted molar refractivity (Wildman–Crippen MR) is 103 cm³/mol. The number of hydrogen-bond donors (Lipinski definition) is 1. The van der Waals surface area contributed by atoms with Gasteiger partial charge < -0.3 is 15.1 Å². The summed E-state index contributed by atoms with van der Waals surface area (Å²) in [4.78, 5) is 29.0. The predicted octanol–water partition coefficient (Wildman–Crippen LogP) is 2.30. The second-order valence-corrected chi connectivity index (χ2v) is 7.40. The van der Waals surface area contributed by atoms with Gasteiger partial charge in [0, 0.05) is 26.2 Å². The number of likely N-dealkylation sites (N-methyl/N-ethyl adjacent to an activating group) is 1. The van der Waals surface area contributed by atoms with E-state index >= 15 is 0 Å². The fraction of sp³-hybridized carbons (Fsp3) is 0.619. The van der Waals surface area contributed by atoms with Crippen molar-refractivity contribution >= 4 is 11.8 Å². The summed E-state index contributed by atoms with van der Waals surface area (Å²) in [7, 11) is 0. The highest BCUT2D eigenvalue weighted by Crippen LogP contribution is 2.26. The van der Waals surface area contributed by atoms with E-state index in [1.807, 2.05) is 0 Å². The fourth-order valence-corrected chi connectivity index (χ4v) is 4.02. The first-order chi connectivity index (χ1) is 12.6. The van der Waals surface area contributed by atoms with Gasteiger partial charge in [0.25, 0.3) is 0 Å². The van der Waals surface area contributed by atoms with Crippen molar-refractivity contribution in [3.8, 4) is 0 Å². The van der Waals surface area contributed by atoms with Gasteiger partial charge in [-0.3, -0.25) is 9.59 Å². The molecule has 1 aromatic carbocycles. The topological polar surface area (TPSA) is 52.7 Å². The highest BCUT2D eigenvalue weighted by Gasteiger charge is 2.27. The van der Waals surface area contributed by atoms with E-state index in [0.717, 1.165) is 44.5 Å². The molecule has 1 unspecified atom stereocenters.